The molecule has 30 heavy (non-hydrogen) atoms. The van der Waals surface area contributed by atoms with E-state index in [2.05, 4.69) is 16.0 Å². The van der Waals surface area contributed by atoms with E-state index in [1.807, 2.05) is 12.1 Å². The number of nitrogens with one attached hydrogen (secondary N) is 3. The molecule has 1 aromatic carbocycles. The van der Waals surface area contributed by atoms with Gasteiger partial charge in [0.15, 0.2) is 0 Å². The summed E-state index contributed by atoms with van der Waals surface area (Å²) in [7, 11) is -3.32. The normalized spacial score (nSPS) is 27.1. The Morgan fingerprint density at radius 3 is 2.60 bits per heavy atom. The number of benzene rings is 1. The summed E-state index contributed by atoms with van der Waals surface area (Å²) >= 11 is 0. The third-order valence-electron chi connectivity index (χ3n) is 5.99. The van der Waals surface area contributed by atoms with Gasteiger partial charge in [-0.15, -0.1) is 0 Å². The Morgan fingerprint density at radius 1 is 1.13 bits per heavy atom. The van der Waals surface area contributed by atoms with Crippen LogP contribution in [0.2, 0.25) is 0 Å². The van der Waals surface area contributed by atoms with E-state index >= 15 is 0 Å². The molecular weight excluding hydrogens is 408 g/mol. The summed E-state index contributed by atoms with van der Waals surface area (Å²) in [4.78, 5) is 24.4. The van der Waals surface area contributed by atoms with Gasteiger partial charge in [0.1, 0.15) is 6.23 Å². The minimum atomic E-state index is -3.32. The summed E-state index contributed by atoms with van der Waals surface area (Å²) in [5.41, 5.74) is 1.37. The average molecular weight is 437 g/mol. The Labute approximate surface area is 176 Å². The van der Waals surface area contributed by atoms with Crippen LogP contribution in [-0.2, 0) is 14.8 Å². The molecule has 0 unspecified atom stereocenters. The van der Waals surface area contributed by atoms with Crippen molar-refractivity contribution in [3.8, 4) is 0 Å². The van der Waals surface area contributed by atoms with Crippen molar-refractivity contribution in [1.29, 1.82) is 0 Å². The van der Waals surface area contributed by atoms with Crippen molar-refractivity contribution in [3.63, 3.8) is 0 Å². The highest BCUT2D eigenvalue weighted by Gasteiger charge is 2.39. The molecule has 3 atom stereocenters. The molecule has 3 amide bonds. The highest BCUT2D eigenvalue weighted by molar-refractivity contribution is 7.89. The number of rotatable bonds is 6. The van der Waals surface area contributed by atoms with E-state index in [9.17, 15) is 18.0 Å². The molecule has 3 saturated heterocycles. The molecule has 9 nitrogen and oxygen atoms in total. The van der Waals surface area contributed by atoms with Crippen LogP contribution in [0.25, 0.3) is 0 Å². The van der Waals surface area contributed by atoms with Crippen molar-refractivity contribution < 1.29 is 22.7 Å². The van der Waals surface area contributed by atoms with Gasteiger partial charge in [-0.25, -0.2) is 17.5 Å². The zero-order valence-electron chi connectivity index (χ0n) is 16.8. The van der Waals surface area contributed by atoms with E-state index in [-0.39, 0.29) is 42.4 Å². The smallest absolute Gasteiger partial charge is 0.317 e. The highest BCUT2D eigenvalue weighted by atomic mass is 32.2. The van der Waals surface area contributed by atoms with Crippen LogP contribution in [-0.4, -0.2) is 62.9 Å². The van der Waals surface area contributed by atoms with Crippen LogP contribution in [0.5, 0.6) is 0 Å². The SMILES string of the molecule is O=C1N[C@H]2OCCC[C@H]2[C@H](c2ccc(C(=O)NCCS(=O)(=O)N3CCCC3)cc2)N1. The van der Waals surface area contributed by atoms with Gasteiger partial charge >= 0.3 is 6.03 Å². The summed E-state index contributed by atoms with van der Waals surface area (Å²) in [6.07, 6.45) is 3.37. The van der Waals surface area contributed by atoms with Gasteiger partial charge in [0.05, 0.1) is 11.8 Å². The summed E-state index contributed by atoms with van der Waals surface area (Å²) < 4.78 is 31.6. The van der Waals surface area contributed by atoms with Crippen molar-refractivity contribution in [3.05, 3.63) is 35.4 Å². The van der Waals surface area contributed by atoms with Crippen LogP contribution in [0.4, 0.5) is 4.79 Å². The number of carbonyl (C=O) groups excluding carboxylic acids is 2. The molecule has 0 spiro atoms. The van der Waals surface area contributed by atoms with E-state index in [4.69, 9.17) is 4.74 Å². The lowest BCUT2D eigenvalue weighted by atomic mass is 9.85. The minimum absolute atomic E-state index is 0.0743. The first-order valence-electron chi connectivity index (χ1n) is 10.5. The van der Waals surface area contributed by atoms with Gasteiger partial charge in [0, 0.05) is 37.7 Å². The number of carbonyl (C=O) groups is 2. The van der Waals surface area contributed by atoms with Crippen molar-refractivity contribution >= 4 is 22.0 Å². The summed E-state index contributed by atoms with van der Waals surface area (Å²) in [5, 5.41) is 8.46. The van der Waals surface area contributed by atoms with Crippen molar-refractivity contribution in [2.24, 2.45) is 5.92 Å². The Morgan fingerprint density at radius 2 is 1.87 bits per heavy atom. The van der Waals surface area contributed by atoms with Crippen molar-refractivity contribution in [2.45, 2.75) is 38.0 Å². The lowest BCUT2D eigenvalue weighted by Crippen LogP contribution is -2.58. The van der Waals surface area contributed by atoms with Crippen LogP contribution in [0, 0.1) is 5.92 Å². The topological polar surface area (TPSA) is 117 Å². The number of sulfonamides is 1. The molecule has 3 fully saturated rings. The molecule has 164 valence electrons. The van der Waals surface area contributed by atoms with E-state index in [0.29, 0.717) is 25.3 Å². The lowest BCUT2D eigenvalue weighted by molar-refractivity contribution is -0.0602. The molecular formula is C20H28N4O5S. The number of hydrogen-bond acceptors (Lipinski definition) is 5. The van der Waals surface area contributed by atoms with Crippen LogP contribution < -0.4 is 16.0 Å². The van der Waals surface area contributed by atoms with Gasteiger partial charge in [-0.05, 0) is 43.4 Å². The first-order chi connectivity index (χ1) is 14.4. The highest BCUT2D eigenvalue weighted by Crippen LogP contribution is 2.34. The number of fused-ring (bicyclic) bond motifs is 1. The molecule has 1 aromatic rings. The van der Waals surface area contributed by atoms with Gasteiger partial charge < -0.3 is 20.7 Å². The fourth-order valence-corrected chi connectivity index (χ4v) is 5.81. The second kappa shape index (κ2) is 8.91. The summed E-state index contributed by atoms with van der Waals surface area (Å²) in [6, 6.07) is 6.63. The predicted octanol–water partition coefficient (Wildman–Crippen LogP) is 0.949. The predicted molar refractivity (Wildman–Crippen MR) is 110 cm³/mol. The quantitative estimate of drug-likeness (QED) is 0.614. The van der Waals surface area contributed by atoms with Gasteiger partial charge in [0.25, 0.3) is 5.91 Å². The first kappa shape index (κ1) is 21.1. The van der Waals surface area contributed by atoms with E-state index in [1.165, 1.54) is 4.31 Å². The van der Waals surface area contributed by atoms with Crippen molar-refractivity contribution in [2.75, 3.05) is 32.0 Å². The zero-order chi connectivity index (χ0) is 21.1. The molecule has 10 heteroatoms. The van der Waals surface area contributed by atoms with Crippen LogP contribution in [0.15, 0.2) is 24.3 Å². The Bertz CT molecular complexity index is 883. The molecule has 0 saturated carbocycles. The maximum Gasteiger partial charge on any atom is 0.317 e. The largest absolute Gasteiger partial charge is 0.358 e. The third kappa shape index (κ3) is 4.60. The fourth-order valence-electron chi connectivity index (χ4n) is 4.38. The zero-order valence-corrected chi connectivity index (χ0v) is 17.6. The molecule has 0 aromatic heterocycles. The molecule has 0 aliphatic carbocycles. The van der Waals surface area contributed by atoms with Crippen LogP contribution in [0.1, 0.15) is 47.6 Å². The fraction of sp³-hybridized carbons (Fsp3) is 0.600. The Balaban J connectivity index is 1.34. The molecule has 3 aliphatic rings. The van der Waals surface area contributed by atoms with Gasteiger partial charge in [-0.3, -0.25) is 4.79 Å². The van der Waals surface area contributed by atoms with Crippen molar-refractivity contribution in [1.82, 2.24) is 20.3 Å². The molecule has 3 aliphatic heterocycles. The number of amides is 3. The Hall–Kier alpha value is -2.17. The second-order valence-corrected chi connectivity index (χ2v) is 10.1. The van der Waals surface area contributed by atoms with E-state index < -0.39 is 10.0 Å². The summed E-state index contributed by atoms with van der Waals surface area (Å²) in [6.45, 7) is 1.85. The number of ether oxygens (including phenoxy) is 1. The standard InChI is InChI=1S/C20H28N4O5S/c25-18(21-9-13-30(27,28)24-10-1-2-11-24)15-7-5-14(6-8-15)17-16-4-3-12-29-19(16)23-20(26)22-17/h5-8,16-17,19H,1-4,9-13H2,(H,21,25)(H2,22,23,26)/t16-,17-,19-/m0/s1. The number of nitrogens with zero attached hydrogens (tertiary/aromatic N) is 1. The average Bonchev–Trinajstić information content (AvgIpc) is 3.29. The molecule has 4 rings (SSSR count). The molecule has 0 bridgehead atoms. The Kier molecular flexibility index (Phi) is 6.26. The molecule has 0 radical (unpaired) electrons. The van der Waals surface area contributed by atoms with Gasteiger partial charge in [-0.1, -0.05) is 12.1 Å². The minimum Gasteiger partial charge on any atom is -0.358 e. The first-order valence-corrected chi connectivity index (χ1v) is 12.1. The maximum atomic E-state index is 12.4. The van der Waals surface area contributed by atoms with Crippen LogP contribution in [0.3, 0.4) is 0 Å². The molecule has 3 N–H and O–H groups in total. The van der Waals surface area contributed by atoms with Gasteiger partial charge in [0.2, 0.25) is 10.0 Å². The van der Waals surface area contributed by atoms with E-state index in [0.717, 1.165) is 31.2 Å². The lowest BCUT2D eigenvalue weighted by Gasteiger charge is -2.41. The summed E-state index contributed by atoms with van der Waals surface area (Å²) in [5.74, 6) is -0.278. The maximum absolute atomic E-state index is 12.4. The van der Waals surface area contributed by atoms with Gasteiger partial charge in [-0.2, -0.15) is 0 Å². The monoisotopic (exact) mass is 436 g/mol. The number of urea groups is 1. The second-order valence-electron chi connectivity index (χ2n) is 7.99. The van der Waals surface area contributed by atoms with Crippen LogP contribution >= 0.6 is 0 Å². The molecule has 3 heterocycles. The third-order valence-corrected chi connectivity index (χ3v) is 7.86. The number of hydrogen-bond donors (Lipinski definition) is 3. The van der Waals surface area contributed by atoms with E-state index in [1.54, 1.807) is 12.1 Å².